The molecule has 1 aromatic heterocycles. The largest absolute Gasteiger partial charge is 0.486 e. The number of nitrogens with two attached hydrogens (primary N) is 2. The summed E-state index contributed by atoms with van der Waals surface area (Å²) in [6.45, 7) is 1.46. The molecule has 2 unspecified atom stereocenters. The molecule has 2 amide bonds. The first kappa shape index (κ1) is 20.3. The number of benzene rings is 1. The maximum atomic E-state index is 12.7. The summed E-state index contributed by atoms with van der Waals surface area (Å²) in [7, 11) is 1.46. The minimum atomic E-state index is -1.12. The number of anilines is 1. The topological polar surface area (TPSA) is 166 Å². The number of carbonyl (C=O) groups excluding carboxylic acids is 2. The van der Waals surface area contributed by atoms with Crippen LogP contribution in [0.5, 0.6) is 5.75 Å². The Hall–Kier alpha value is -3.40. The van der Waals surface area contributed by atoms with Crippen molar-refractivity contribution in [1.82, 2.24) is 10.3 Å². The normalized spacial score (nSPS) is 20.9. The number of amides is 2. The Kier molecular flexibility index (Phi) is 5.55. The third kappa shape index (κ3) is 4.06. The number of hydrogen-bond acceptors (Lipinski definition) is 8. The molecule has 0 aliphatic heterocycles. The van der Waals surface area contributed by atoms with Crippen LogP contribution in [0.2, 0.25) is 0 Å². The van der Waals surface area contributed by atoms with Gasteiger partial charge in [-0.15, -0.1) is 0 Å². The fraction of sp³-hybridized carbons (Fsp3) is 0.368. The molecule has 2 atom stereocenters. The molecule has 1 aliphatic rings. The molecule has 0 radical (unpaired) electrons. The van der Waals surface area contributed by atoms with Gasteiger partial charge in [0.05, 0.1) is 18.2 Å². The van der Waals surface area contributed by atoms with Crippen LogP contribution in [0.3, 0.4) is 0 Å². The van der Waals surface area contributed by atoms with E-state index in [0.717, 1.165) is 0 Å². The summed E-state index contributed by atoms with van der Waals surface area (Å²) in [5, 5.41) is 12.1. The average molecular weight is 401 g/mol. The number of nitrogens with one attached hydrogen (secondary N) is 1. The molecule has 10 heteroatoms. The lowest BCUT2D eigenvalue weighted by molar-refractivity contribution is -0.124. The standard InChI is InChI=1S/C19H23N5O5/c1-10-23-7-12(29-10)8-28-11-3-4-14(20)13(5-11)16(22-2)17(26)24-15-6-19(15,9-25)18(21)27/h3-5,7,15,25H,6,8-9,20H2,1-2H3,(H2,21,27)(H,24,26). The lowest BCUT2D eigenvalue weighted by Crippen LogP contribution is -2.41. The highest BCUT2D eigenvalue weighted by Gasteiger charge is 2.59. The Balaban J connectivity index is 1.73. The van der Waals surface area contributed by atoms with Crippen LogP contribution in [0.15, 0.2) is 33.8 Å². The molecule has 0 spiro atoms. The number of nitrogens with zero attached hydrogens (tertiary/aromatic N) is 2. The number of aliphatic imine (C=N–C) groups is 1. The minimum Gasteiger partial charge on any atom is -0.486 e. The van der Waals surface area contributed by atoms with Crippen LogP contribution in [0.4, 0.5) is 5.69 Å². The maximum Gasteiger partial charge on any atom is 0.270 e. The van der Waals surface area contributed by atoms with Gasteiger partial charge in [-0.25, -0.2) is 4.98 Å². The summed E-state index contributed by atoms with van der Waals surface area (Å²) < 4.78 is 11.0. The molecule has 0 saturated heterocycles. The highest BCUT2D eigenvalue weighted by Crippen LogP contribution is 2.45. The number of oxazole rings is 1. The van der Waals surface area contributed by atoms with E-state index in [1.807, 2.05) is 0 Å². The molecule has 1 aliphatic carbocycles. The van der Waals surface area contributed by atoms with Crippen molar-refractivity contribution < 1.29 is 23.8 Å². The summed E-state index contributed by atoms with van der Waals surface area (Å²) in [6, 6.07) is 4.32. The predicted molar refractivity (Wildman–Crippen MR) is 104 cm³/mol. The Morgan fingerprint density at radius 1 is 1.48 bits per heavy atom. The number of aliphatic hydroxyl groups is 1. The number of rotatable bonds is 8. The van der Waals surface area contributed by atoms with Crippen molar-refractivity contribution in [2.75, 3.05) is 19.4 Å². The second-order valence-electron chi connectivity index (χ2n) is 6.86. The van der Waals surface area contributed by atoms with E-state index in [9.17, 15) is 14.7 Å². The third-order valence-electron chi connectivity index (χ3n) is 4.92. The van der Waals surface area contributed by atoms with Crippen LogP contribution < -0.4 is 21.5 Å². The minimum absolute atomic E-state index is 0.0756. The zero-order valence-electron chi connectivity index (χ0n) is 16.1. The Morgan fingerprint density at radius 3 is 2.79 bits per heavy atom. The van der Waals surface area contributed by atoms with Gasteiger partial charge < -0.3 is 31.0 Å². The Morgan fingerprint density at radius 2 is 2.24 bits per heavy atom. The van der Waals surface area contributed by atoms with Crippen molar-refractivity contribution in [3.05, 3.63) is 41.6 Å². The number of hydrogen-bond donors (Lipinski definition) is 4. The number of aryl methyl sites for hydroxylation is 1. The highest BCUT2D eigenvalue weighted by atomic mass is 16.5. The molecule has 6 N–H and O–H groups in total. The van der Waals surface area contributed by atoms with Gasteiger partial charge in [-0.2, -0.15) is 0 Å². The quantitative estimate of drug-likeness (QED) is 0.354. The van der Waals surface area contributed by atoms with Gasteiger partial charge in [0.2, 0.25) is 5.91 Å². The predicted octanol–water partition coefficient (Wildman–Crippen LogP) is -0.0844. The molecule has 0 bridgehead atoms. The van der Waals surface area contributed by atoms with Crippen LogP contribution in [0.1, 0.15) is 23.6 Å². The van der Waals surface area contributed by atoms with Crippen molar-refractivity contribution in [2.45, 2.75) is 26.0 Å². The van der Waals surface area contributed by atoms with Crippen molar-refractivity contribution in [1.29, 1.82) is 0 Å². The molecule has 1 heterocycles. The van der Waals surface area contributed by atoms with Crippen LogP contribution in [0.25, 0.3) is 0 Å². The first-order chi connectivity index (χ1) is 13.8. The molecular formula is C19H23N5O5. The number of ether oxygens (including phenoxy) is 1. The Labute approximate surface area is 167 Å². The fourth-order valence-corrected chi connectivity index (χ4v) is 3.05. The van der Waals surface area contributed by atoms with E-state index in [-0.39, 0.29) is 18.7 Å². The molecule has 1 fully saturated rings. The molecule has 1 aromatic carbocycles. The highest BCUT2D eigenvalue weighted by molar-refractivity contribution is 6.46. The van der Waals surface area contributed by atoms with E-state index in [1.54, 1.807) is 31.3 Å². The fourth-order valence-electron chi connectivity index (χ4n) is 3.05. The van der Waals surface area contributed by atoms with E-state index < -0.39 is 29.9 Å². The van der Waals surface area contributed by atoms with Crippen molar-refractivity contribution in [2.24, 2.45) is 16.1 Å². The number of aliphatic hydroxyl groups excluding tert-OH is 1. The average Bonchev–Trinajstić information content (AvgIpc) is 3.25. The van der Waals surface area contributed by atoms with E-state index in [4.69, 9.17) is 20.6 Å². The van der Waals surface area contributed by atoms with Crippen LogP contribution in [-0.2, 0) is 16.2 Å². The van der Waals surface area contributed by atoms with Gasteiger partial charge in [0, 0.05) is 31.3 Å². The van der Waals surface area contributed by atoms with E-state index in [2.05, 4.69) is 15.3 Å². The monoisotopic (exact) mass is 401 g/mol. The van der Waals surface area contributed by atoms with Gasteiger partial charge in [-0.05, 0) is 24.6 Å². The molecule has 2 aromatic rings. The third-order valence-corrected chi connectivity index (χ3v) is 4.92. The second-order valence-corrected chi connectivity index (χ2v) is 6.86. The Bertz CT molecular complexity index is 970. The zero-order valence-corrected chi connectivity index (χ0v) is 16.1. The smallest absolute Gasteiger partial charge is 0.270 e. The lowest BCUT2D eigenvalue weighted by atomic mass is 10.1. The van der Waals surface area contributed by atoms with E-state index in [0.29, 0.717) is 28.7 Å². The zero-order chi connectivity index (χ0) is 21.2. The summed E-state index contributed by atoms with van der Waals surface area (Å²) in [5.41, 5.74) is 11.0. The van der Waals surface area contributed by atoms with Crippen molar-refractivity contribution >= 4 is 23.2 Å². The summed E-state index contributed by atoms with van der Waals surface area (Å²) in [6.07, 6.45) is 1.85. The molecule has 10 nitrogen and oxygen atoms in total. The maximum absolute atomic E-state index is 12.7. The second kappa shape index (κ2) is 7.92. The summed E-state index contributed by atoms with van der Waals surface area (Å²) in [5.74, 6) is 0.379. The number of carbonyl (C=O) groups is 2. The number of nitrogen functional groups attached to an aromatic ring is 1. The summed E-state index contributed by atoms with van der Waals surface area (Å²) >= 11 is 0. The van der Waals surface area contributed by atoms with Gasteiger partial charge in [-0.3, -0.25) is 14.6 Å². The van der Waals surface area contributed by atoms with Crippen LogP contribution in [-0.4, -0.2) is 47.3 Å². The SMILES string of the molecule is CN=C(C(=O)NC1CC1(CO)C(N)=O)c1cc(OCc2cnc(C)o2)ccc1N. The molecule has 154 valence electrons. The summed E-state index contributed by atoms with van der Waals surface area (Å²) in [4.78, 5) is 32.3. The van der Waals surface area contributed by atoms with Gasteiger partial charge in [0.1, 0.15) is 18.1 Å². The number of primary amides is 1. The first-order valence-electron chi connectivity index (χ1n) is 8.93. The van der Waals surface area contributed by atoms with Crippen LogP contribution >= 0.6 is 0 Å². The molecule has 29 heavy (non-hydrogen) atoms. The first-order valence-corrected chi connectivity index (χ1v) is 8.93. The van der Waals surface area contributed by atoms with E-state index >= 15 is 0 Å². The number of aromatic nitrogens is 1. The lowest BCUT2D eigenvalue weighted by Gasteiger charge is -2.14. The van der Waals surface area contributed by atoms with Crippen molar-refractivity contribution in [3.63, 3.8) is 0 Å². The molecule has 1 saturated carbocycles. The van der Waals surface area contributed by atoms with Gasteiger partial charge >= 0.3 is 0 Å². The van der Waals surface area contributed by atoms with E-state index in [1.165, 1.54) is 7.05 Å². The van der Waals surface area contributed by atoms with Gasteiger partial charge in [0.15, 0.2) is 11.7 Å². The van der Waals surface area contributed by atoms with Crippen molar-refractivity contribution in [3.8, 4) is 5.75 Å². The molecule has 3 rings (SSSR count). The van der Waals surface area contributed by atoms with Gasteiger partial charge in [-0.1, -0.05) is 0 Å². The van der Waals surface area contributed by atoms with Crippen LogP contribution in [0, 0.1) is 12.3 Å². The molecular weight excluding hydrogens is 378 g/mol. The van der Waals surface area contributed by atoms with Gasteiger partial charge in [0.25, 0.3) is 5.91 Å².